The van der Waals surface area contributed by atoms with E-state index in [2.05, 4.69) is 97.1 Å². The average molecular weight is 769 g/mol. The lowest BCUT2D eigenvalue weighted by molar-refractivity contribution is 0.728. The minimum atomic E-state index is -0.748. The van der Waals surface area contributed by atoms with Crippen LogP contribution in [0.15, 0.2) is 170 Å². The molecule has 246 valence electrons. The van der Waals surface area contributed by atoms with Crippen molar-refractivity contribution in [1.82, 2.24) is 0 Å². The molecule has 7 rings (SSSR count). The Labute approximate surface area is 322 Å². The first-order valence-electron chi connectivity index (χ1n) is 15.9. The second-order valence-electron chi connectivity index (χ2n) is 12.1. The van der Waals surface area contributed by atoms with Gasteiger partial charge in [-0.05, 0) is 117 Å². The molecule has 0 saturated carbocycles. The maximum atomic E-state index is 6.46. The fourth-order valence-corrected chi connectivity index (χ4v) is 7.93. The van der Waals surface area contributed by atoms with E-state index in [9.17, 15) is 0 Å². The molecule has 0 spiro atoms. The fourth-order valence-electron chi connectivity index (χ4n) is 7.17. The maximum absolute atomic E-state index is 6.46. The average Bonchev–Trinajstić information content (AvgIpc) is 3.13. The van der Waals surface area contributed by atoms with Crippen molar-refractivity contribution in [2.24, 2.45) is 0 Å². The van der Waals surface area contributed by atoms with E-state index < -0.39 is 10.8 Å². The van der Waals surface area contributed by atoms with Crippen LogP contribution in [0.1, 0.15) is 44.5 Å². The Morgan fingerprint density at radius 1 is 0.180 bits per heavy atom. The summed E-state index contributed by atoms with van der Waals surface area (Å²) in [4.78, 5) is 0. The van der Waals surface area contributed by atoms with E-state index in [0.717, 1.165) is 44.5 Å². The van der Waals surface area contributed by atoms with Crippen LogP contribution in [0.3, 0.4) is 0 Å². The minimum absolute atomic E-state index is 0.656. The Balaban J connectivity index is 1.54. The van der Waals surface area contributed by atoms with E-state index >= 15 is 0 Å². The molecule has 7 aromatic rings. The second kappa shape index (κ2) is 14.5. The molecule has 0 aliphatic carbocycles. The molecule has 0 aliphatic heterocycles. The molecule has 0 aliphatic rings. The van der Waals surface area contributed by atoms with Gasteiger partial charge >= 0.3 is 0 Å². The Bertz CT molecular complexity index is 1820. The topological polar surface area (TPSA) is 0 Å². The van der Waals surface area contributed by atoms with Gasteiger partial charge < -0.3 is 0 Å². The lowest BCUT2D eigenvalue weighted by Gasteiger charge is -2.39. The fraction of sp³-hybridized carbons (Fsp3) is 0.0455. The normalized spacial score (nSPS) is 11.8. The van der Waals surface area contributed by atoms with Crippen LogP contribution in [0.5, 0.6) is 0 Å². The highest BCUT2D eigenvalue weighted by Crippen LogP contribution is 2.49. The number of benzene rings is 7. The summed E-state index contributed by atoms with van der Waals surface area (Å²) >= 11 is 38.7. The molecule has 0 bridgehead atoms. The summed E-state index contributed by atoms with van der Waals surface area (Å²) in [6, 6.07) is 57.0. The number of hydrogen-bond donors (Lipinski definition) is 0. The molecule has 6 heteroatoms. The lowest BCUT2D eigenvalue weighted by atomic mass is 9.63. The smallest absolute Gasteiger partial charge is 0.0701 e. The molecule has 0 atom stereocenters. The van der Waals surface area contributed by atoms with Crippen molar-refractivity contribution in [1.29, 1.82) is 0 Å². The Morgan fingerprint density at radius 3 is 0.400 bits per heavy atom. The van der Waals surface area contributed by atoms with Crippen LogP contribution in [0.25, 0.3) is 0 Å². The molecule has 7 aromatic carbocycles. The van der Waals surface area contributed by atoms with Crippen LogP contribution in [0.2, 0.25) is 30.1 Å². The molecule has 0 unspecified atom stereocenters. The lowest BCUT2D eigenvalue weighted by Crippen LogP contribution is -2.33. The molecule has 0 fully saturated rings. The van der Waals surface area contributed by atoms with Gasteiger partial charge in [0.15, 0.2) is 0 Å². The standard InChI is InChI=1S/C44H28Cl6/c45-37-17-5-31(6-18-37)43(32-7-19-38(46)20-8-32,33-9-21-39(47)22-10-33)29-1-2-30(4-3-29)44(34-11-23-40(48)24-12-34,35-13-25-41(49)26-14-35)36-15-27-42(50)28-16-36/h1-28H. The van der Waals surface area contributed by atoms with Crippen LogP contribution in [-0.2, 0) is 10.8 Å². The van der Waals surface area contributed by atoms with Crippen molar-refractivity contribution in [3.05, 3.63) is 245 Å². The van der Waals surface area contributed by atoms with Crippen LogP contribution >= 0.6 is 69.6 Å². The molecule has 0 nitrogen and oxygen atoms in total. The van der Waals surface area contributed by atoms with E-state index in [0.29, 0.717) is 30.1 Å². The molecule has 0 N–H and O–H groups in total. The first-order chi connectivity index (χ1) is 24.2. The summed E-state index contributed by atoms with van der Waals surface area (Å²) in [5, 5.41) is 3.94. The largest absolute Gasteiger partial charge is 0.0843 e. The highest BCUT2D eigenvalue weighted by Gasteiger charge is 2.41. The number of rotatable bonds is 8. The van der Waals surface area contributed by atoms with Gasteiger partial charge in [-0.1, -0.05) is 167 Å². The summed E-state index contributed by atoms with van der Waals surface area (Å²) in [6.07, 6.45) is 0. The predicted molar refractivity (Wildman–Crippen MR) is 213 cm³/mol. The van der Waals surface area contributed by atoms with Crippen LogP contribution in [0, 0.1) is 0 Å². The molecule has 0 radical (unpaired) electrons. The zero-order valence-electron chi connectivity index (χ0n) is 26.4. The van der Waals surface area contributed by atoms with E-state index in [1.165, 1.54) is 0 Å². The van der Waals surface area contributed by atoms with Gasteiger partial charge in [0.1, 0.15) is 0 Å². The SMILES string of the molecule is Clc1ccc(C(c2ccc(Cl)cc2)(c2ccc(Cl)cc2)c2ccc(C(c3ccc(Cl)cc3)(c3ccc(Cl)cc3)c3ccc(Cl)cc3)cc2)cc1. The number of hydrogen-bond acceptors (Lipinski definition) is 0. The summed E-state index contributed by atoms with van der Waals surface area (Å²) in [5.41, 5.74) is 6.84. The van der Waals surface area contributed by atoms with E-state index in [1.807, 2.05) is 72.8 Å². The second-order valence-corrected chi connectivity index (χ2v) is 14.7. The van der Waals surface area contributed by atoms with Crippen molar-refractivity contribution in [2.45, 2.75) is 10.8 Å². The molecule has 0 aromatic heterocycles. The van der Waals surface area contributed by atoms with Gasteiger partial charge in [0.2, 0.25) is 0 Å². The van der Waals surface area contributed by atoms with Crippen LogP contribution < -0.4 is 0 Å². The highest BCUT2D eigenvalue weighted by molar-refractivity contribution is 6.32. The molecule has 50 heavy (non-hydrogen) atoms. The Morgan fingerprint density at radius 2 is 0.280 bits per heavy atom. The van der Waals surface area contributed by atoms with Crippen molar-refractivity contribution in [2.75, 3.05) is 0 Å². The molecular formula is C44H28Cl6. The van der Waals surface area contributed by atoms with Crippen LogP contribution in [-0.4, -0.2) is 0 Å². The van der Waals surface area contributed by atoms with Crippen molar-refractivity contribution >= 4 is 69.6 Å². The summed E-state index contributed by atoms with van der Waals surface area (Å²) in [5.74, 6) is 0. The Hall–Kier alpha value is -3.72. The molecule has 0 heterocycles. The third-order valence-electron chi connectivity index (χ3n) is 9.41. The zero-order chi connectivity index (χ0) is 34.9. The zero-order valence-corrected chi connectivity index (χ0v) is 31.0. The Kier molecular flexibility index (Phi) is 10.1. The minimum Gasteiger partial charge on any atom is -0.0843 e. The molecule has 0 amide bonds. The van der Waals surface area contributed by atoms with Crippen molar-refractivity contribution < 1.29 is 0 Å². The van der Waals surface area contributed by atoms with Crippen molar-refractivity contribution in [3.63, 3.8) is 0 Å². The number of halogens is 6. The summed E-state index contributed by atoms with van der Waals surface area (Å²) in [6.45, 7) is 0. The maximum Gasteiger partial charge on any atom is 0.0701 e. The van der Waals surface area contributed by atoms with Gasteiger partial charge in [-0.15, -0.1) is 0 Å². The molecular weight excluding hydrogens is 741 g/mol. The van der Waals surface area contributed by atoms with Gasteiger partial charge in [0, 0.05) is 30.1 Å². The van der Waals surface area contributed by atoms with Gasteiger partial charge in [0.05, 0.1) is 10.8 Å². The van der Waals surface area contributed by atoms with Gasteiger partial charge in [-0.3, -0.25) is 0 Å². The van der Waals surface area contributed by atoms with Crippen molar-refractivity contribution in [3.8, 4) is 0 Å². The van der Waals surface area contributed by atoms with E-state index in [-0.39, 0.29) is 0 Å². The first-order valence-corrected chi connectivity index (χ1v) is 18.2. The third-order valence-corrected chi connectivity index (χ3v) is 10.9. The highest BCUT2D eigenvalue weighted by atomic mass is 35.5. The van der Waals surface area contributed by atoms with Gasteiger partial charge in [0.25, 0.3) is 0 Å². The first kappa shape index (κ1) is 34.7. The van der Waals surface area contributed by atoms with Crippen LogP contribution in [0.4, 0.5) is 0 Å². The predicted octanol–water partition coefficient (Wildman–Crippen LogP) is 14.4. The quantitative estimate of drug-likeness (QED) is 0.135. The van der Waals surface area contributed by atoms with E-state index in [4.69, 9.17) is 69.6 Å². The summed E-state index contributed by atoms with van der Waals surface area (Å²) in [7, 11) is 0. The van der Waals surface area contributed by atoms with E-state index in [1.54, 1.807) is 0 Å². The molecule has 0 saturated heterocycles. The van der Waals surface area contributed by atoms with Gasteiger partial charge in [-0.2, -0.15) is 0 Å². The van der Waals surface area contributed by atoms with Gasteiger partial charge in [-0.25, -0.2) is 0 Å². The monoisotopic (exact) mass is 766 g/mol. The third kappa shape index (κ3) is 6.35. The summed E-state index contributed by atoms with van der Waals surface area (Å²) < 4.78 is 0.